The fraction of sp³-hybridized carbons (Fsp3) is 0.267. The molecule has 2 atom stereocenters. The third-order valence-corrected chi connectivity index (χ3v) is 5.92. The average molecular weight is 351 g/mol. The number of aliphatic carboxylic acids is 1. The Kier molecular flexibility index (Phi) is 4.47. The van der Waals surface area contributed by atoms with Gasteiger partial charge in [-0.1, -0.05) is 42.1 Å². The smallest absolute Gasteiger partial charge is 0.352 e. The molecule has 0 bridgehead atoms. The molecule has 0 aromatic heterocycles. The topological polar surface area (TPSA) is 94.9 Å². The van der Waals surface area contributed by atoms with Gasteiger partial charge in [0.25, 0.3) is 5.91 Å². The Labute approximate surface area is 140 Å². The van der Waals surface area contributed by atoms with E-state index in [0.717, 1.165) is 16.7 Å². The summed E-state index contributed by atoms with van der Waals surface area (Å²) in [5, 5.41) is 18.3. The van der Waals surface area contributed by atoms with Gasteiger partial charge >= 0.3 is 5.97 Å². The second kappa shape index (κ2) is 6.38. The number of aliphatic hydroxyl groups excluding tert-OH is 1. The molecule has 8 heteroatoms. The van der Waals surface area contributed by atoms with Crippen molar-refractivity contribution in [2.75, 3.05) is 11.5 Å². The van der Waals surface area contributed by atoms with Crippen molar-refractivity contribution in [2.45, 2.75) is 11.5 Å². The molecule has 3 rings (SSSR count). The zero-order valence-corrected chi connectivity index (χ0v) is 13.5. The lowest BCUT2D eigenvalue weighted by Crippen LogP contribution is -2.64. The Hall–Kier alpha value is -1.77. The highest BCUT2D eigenvalue weighted by Crippen LogP contribution is 2.41. The summed E-state index contributed by atoms with van der Waals surface area (Å²) in [4.78, 5) is 36.4. The lowest BCUT2D eigenvalue weighted by atomic mass is 10.1. The normalized spacial score (nSPS) is 23.3. The molecule has 6 nitrogen and oxygen atoms in total. The van der Waals surface area contributed by atoms with Gasteiger partial charge in [0.05, 0.1) is 0 Å². The molecular formula is C15H13NO5S2. The molecule has 120 valence electrons. The zero-order valence-electron chi connectivity index (χ0n) is 11.8. The SMILES string of the molecule is O=C(O)C1=C(CSC(=O)c2ccccc2)CS[C@@H]2[C@@H](O)C(=O)N12. The Morgan fingerprint density at radius 1 is 1.30 bits per heavy atom. The lowest BCUT2D eigenvalue weighted by molar-refractivity contribution is -0.159. The Balaban J connectivity index is 1.76. The summed E-state index contributed by atoms with van der Waals surface area (Å²) in [6, 6.07) is 8.73. The number of carbonyl (C=O) groups is 3. The summed E-state index contributed by atoms with van der Waals surface area (Å²) in [6.45, 7) is 0. The van der Waals surface area contributed by atoms with E-state index < -0.39 is 23.4 Å². The largest absolute Gasteiger partial charge is 0.477 e. The van der Waals surface area contributed by atoms with Gasteiger partial charge in [-0.25, -0.2) is 4.79 Å². The molecule has 1 saturated heterocycles. The van der Waals surface area contributed by atoms with Crippen LogP contribution in [0, 0.1) is 0 Å². The summed E-state index contributed by atoms with van der Waals surface area (Å²) in [5.41, 5.74) is 0.970. The molecule has 2 aliphatic heterocycles. The molecule has 1 amide bonds. The molecular weight excluding hydrogens is 338 g/mol. The summed E-state index contributed by atoms with van der Waals surface area (Å²) in [5.74, 6) is -1.23. The van der Waals surface area contributed by atoms with E-state index in [1.54, 1.807) is 24.3 Å². The van der Waals surface area contributed by atoms with Crippen LogP contribution in [0.4, 0.5) is 0 Å². The van der Waals surface area contributed by atoms with Gasteiger partial charge in [0, 0.05) is 17.1 Å². The molecule has 23 heavy (non-hydrogen) atoms. The van der Waals surface area contributed by atoms with E-state index in [1.807, 2.05) is 6.07 Å². The van der Waals surface area contributed by atoms with Crippen molar-refractivity contribution >= 4 is 40.5 Å². The van der Waals surface area contributed by atoms with Gasteiger partial charge in [-0.15, -0.1) is 11.8 Å². The summed E-state index contributed by atoms with van der Waals surface area (Å²) in [7, 11) is 0. The first-order chi connectivity index (χ1) is 11.0. The van der Waals surface area contributed by atoms with Crippen LogP contribution in [0.15, 0.2) is 41.6 Å². The molecule has 2 aliphatic rings. The molecule has 0 unspecified atom stereocenters. The lowest BCUT2D eigenvalue weighted by Gasteiger charge is -2.47. The maximum atomic E-state index is 12.1. The predicted molar refractivity (Wildman–Crippen MR) is 87.0 cm³/mol. The second-order valence-electron chi connectivity index (χ2n) is 5.05. The molecule has 1 aromatic rings. The highest BCUT2D eigenvalue weighted by molar-refractivity contribution is 8.14. The number of β-lactam (4-membered cyclic amide) rings is 1. The quantitative estimate of drug-likeness (QED) is 0.786. The average Bonchev–Trinajstić information content (AvgIpc) is 2.58. The number of carboxylic acids is 1. The van der Waals surface area contributed by atoms with Crippen molar-refractivity contribution in [2.24, 2.45) is 0 Å². The van der Waals surface area contributed by atoms with Crippen molar-refractivity contribution in [3.63, 3.8) is 0 Å². The number of rotatable bonds is 4. The van der Waals surface area contributed by atoms with Crippen LogP contribution in [0.1, 0.15) is 10.4 Å². The number of nitrogens with zero attached hydrogens (tertiary/aromatic N) is 1. The standard InChI is InChI=1S/C15H13NO5S2/c17-11-12(18)16-10(14(19)20)9(6-22-13(11)16)7-23-15(21)8-4-2-1-3-5-8/h1-5,11,13,17H,6-7H2,(H,19,20)/t11-,13+/m0/s1. The van der Waals surface area contributed by atoms with Gasteiger partial charge < -0.3 is 10.2 Å². The maximum absolute atomic E-state index is 12.1. The van der Waals surface area contributed by atoms with E-state index in [9.17, 15) is 24.6 Å². The van der Waals surface area contributed by atoms with Gasteiger partial charge in [-0.05, 0) is 5.57 Å². The molecule has 0 spiro atoms. The highest BCUT2D eigenvalue weighted by atomic mass is 32.2. The van der Waals surface area contributed by atoms with Gasteiger partial charge in [-0.2, -0.15) is 0 Å². The van der Waals surface area contributed by atoms with Crippen LogP contribution in [0.25, 0.3) is 0 Å². The van der Waals surface area contributed by atoms with Crippen LogP contribution in [-0.4, -0.2) is 55.1 Å². The first kappa shape index (κ1) is 16.1. The van der Waals surface area contributed by atoms with Crippen LogP contribution >= 0.6 is 23.5 Å². The minimum Gasteiger partial charge on any atom is -0.477 e. The van der Waals surface area contributed by atoms with Crippen LogP contribution in [-0.2, 0) is 9.59 Å². The molecule has 0 radical (unpaired) electrons. The number of carbonyl (C=O) groups excluding carboxylic acids is 2. The molecule has 2 N–H and O–H groups in total. The maximum Gasteiger partial charge on any atom is 0.352 e. The first-order valence-electron chi connectivity index (χ1n) is 6.81. The molecule has 0 saturated carbocycles. The van der Waals surface area contributed by atoms with E-state index in [1.165, 1.54) is 11.8 Å². The van der Waals surface area contributed by atoms with Crippen LogP contribution < -0.4 is 0 Å². The van der Waals surface area contributed by atoms with E-state index in [-0.39, 0.29) is 16.6 Å². The fourth-order valence-corrected chi connectivity index (χ4v) is 4.70. The number of carboxylic acid groups (broad SMARTS) is 1. The van der Waals surface area contributed by atoms with Crippen LogP contribution in [0.2, 0.25) is 0 Å². The van der Waals surface area contributed by atoms with E-state index in [2.05, 4.69) is 0 Å². The minimum absolute atomic E-state index is 0.0996. The number of hydrogen-bond acceptors (Lipinski definition) is 6. The Bertz CT molecular complexity index is 703. The van der Waals surface area contributed by atoms with Crippen molar-refractivity contribution in [1.29, 1.82) is 0 Å². The first-order valence-corrected chi connectivity index (χ1v) is 8.84. The van der Waals surface area contributed by atoms with E-state index >= 15 is 0 Å². The number of fused-ring (bicyclic) bond motifs is 1. The van der Waals surface area contributed by atoms with Gasteiger partial charge in [0.2, 0.25) is 5.12 Å². The van der Waals surface area contributed by atoms with Crippen LogP contribution in [0.3, 0.4) is 0 Å². The molecule has 1 aromatic carbocycles. The van der Waals surface area contributed by atoms with Crippen molar-refractivity contribution < 1.29 is 24.6 Å². The monoisotopic (exact) mass is 351 g/mol. The van der Waals surface area contributed by atoms with Crippen molar-refractivity contribution in [1.82, 2.24) is 4.90 Å². The number of hydrogen-bond donors (Lipinski definition) is 2. The number of thioether (sulfide) groups is 2. The van der Waals surface area contributed by atoms with Crippen molar-refractivity contribution in [3.05, 3.63) is 47.2 Å². The van der Waals surface area contributed by atoms with E-state index in [0.29, 0.717) is 16.9 Å². The molecule has 1 fully saturated rings. The summed E-state index contributed by atoms with van der Waals surface area (Å²) in [6.07, 6.45) is -1.14. The summed E-state index contributed by atoms with van der Waals surface area (Å²) >= 11 is 2.32. The van der Waals surface area contributed by atoms with Crippen molar-refractivity contribution in [3.8, 4) is 0 Å². The molecule has 0 aliphatic carbocycles. The zero-order chi connectivity index (χ0) is 16.6. The Morgan fingerprint density at radius 3 is 2.65 bits per heavy atom. The third-order valence-electron chi connectivity index (χ3n) is 3.61. The van der Waals surface area contributed by atoms with E-state index in [4.69, 9.17) is 0 Å². The van der Waals surface area contributed by atoms with Gasteiger partial charge in [0.1, 0.15) is 11.1 Å². The number of benzene rings is 1. The van der Waals surface area contributed by atoms with Crippen LogP contribution in [0.5, 0.6) is 0 Å². The highest BCUT2D eigenvalue weighted by Gasteiger charge is 2.52. The number of aliphatic hydroxyl groups is 1. The summed E-state index contributed by atoms with van der Waals surface area (Å²) < 4.78 is 0. The predicted octanol–water partition coefficient (Wildman–Crippen LogP) is 1.17. The Morgan fingerprint density at radius 2 is 2.00 bits per heavy atom. The third kappa shape index (κ3) is 2.89. The minimum atomic E-state index is -1.21. The van der Waals surface area contributed by atoms with Gasteiger partial charge in [0.15, 0.2) is 6.10 Å². The van der Waals surface area contributed by atoms with Gasteiger partial charge in [-0.3, -0.25) is 14.5 Å². The fourth-order valence-electron chi connectivity index (χ4n) is 2.45. The number of amides is 1. The second-order valence-corrected chi connectivity index (χ2v) is 7.11. The molecule has 2 heterocycles.